The second-order valence-electron chi connectivity index (χ2n) is 5.95. The molecule has 1 aliphatic heterocycles. The van der Waals surface area contributed by atoms with E-state index in [0.29, 0.717) is 51.4 Å². The molecule has 2 amide bonds. The van der Waals surface area contributed by atoms with Crippen LogP contribution in [-0.2, 0) is 35.6 Å². The maximum Gasteiger partial charge on any atom is 0.309 e. The Kier molecular flexibility index (Phi) is 8.17. The SMILES string of the molecule is COCCCNC(=O)C(=O)NCc1ccc(S(=O)(=O)N2CCOCC2)cc1. The summed E-state index contributed by atoms with van der Waals surface area (Å²) >= 11 is 0. The van der Waals surface area contributed by atoms with Crippen molar-refractivity contribution < 1.29 is 27.5 Å². The zero-order valence-corrected chi connectivity index (χ0v) is 16.1. The van der Waals surface area contributed by atoms with Crippen molar-refractivity contribution in [1.82, 2.24) is 14.9 Å². The molecule has 2 N–H and O–H groups in total. The molecule has 0 atom stereocenters. The van der Waals surface area contributed by atoms with Crippen LogP contribution in [0.15, 0.2) is 29.2 Å². The summed E-state index contributed by atoms with van der Waals surface area (Å²) in [7, 11) is -1.99. The lowest BCUT2D eigenvalue weighted by Gasteiger charge is -2.26. The van der Waals surface area contributed by atoms with Crippen LogP contribution in [0.2, 0.25) is 0 Å². The molecule has 1 aromatic rings. The number of nitrogens with zero attached hydrogens (tertiary/aromatic N) is 1. The van der Waals surface area contributed by atoms with Crippen LogP contribution < -0.4 is 10.6 Å². The van der Waals surface area contributed by atoms with Gasteiger partial charge in [0, 0.05) is 39.9 Å². The van der Waals surface area contributed by atoms with Crippen molar-refractivity contribution in [2.45, 2.75) is 17.9 Å². The number of amides is 2. The van der Waals surface area contributed by atoms with E-state index in [1.807, 2.05) is 0 Å². The van der Waals surface area contributed by atoms with Gasteiger partial charge in [0.2, 0.25) is 10.0 Å². The minimum atomic E-state index is -3.55. The molecule has 0 unspecified atom stereocenters. The van der Waals surface area contributed by atoms with Gasteiger partial charge in [-0.15, -0.1) is 0 Å². The fourth-order valence-corrected chi connectivity index (χ4v) is 3.88. The van der Waals surface area contributed by atoms with Gasteiger partial charge >= 0.3 is 11.8 Å². The second kappa shape index (κ2) is 10.4. The highest BCUT2D eigenvalue weighted by Crippen LogP contribution is 2.17. The van der Waals surface area contributed by atoms with Crippen LogP contribution >= 0.6 is 0 Å². The number of hydrogen-bond donors (Lipinski definition) is 2. The molecular formula is C17H25N3O6S. The third kappa shape index (κ3) is 6.28. The first-order valence-corrected chi connectivity index (χ1v) is 10.1. The minimum absolute atomic E-state index is 0.127. The third-order valence-electron chi connectivity index (χ3n) is 4.00. The summed E-state index contributed by atoms with van der Waals surface area (Å²) in [6.45, 7) is 2.42. The molecule has 10 heteroatoms. The van der Waals surface area contributed by atoms with Crippen LogP contribution in [0.1, 0.15) is 12.0 Å². The van der Waals surface area contributed by atoms with Gasteiger partial charge in [-0.1, -0.05) is 12.1 Å². The lowest BCUT2D eigenvalue weighted by atomic mass is 10.2. The number of ether oxygens (including phenoxy) is 2. The van der Waals surface area contributed by atoms with Gasteiger partial charge in [0.05, 0.1) is 18.1 Å². The summed E-state index contributed by atoms with van der Waals surface area (Å²) in [6, 6.07) is 6.22. The number of carbonyl (C=O) groups excluding carboxylic acids is 2. The maximum absolute atomic E-state index is 12.5. The Morgan fingerprint density at radius 3 is 2.37 bits per heavy atom. The van der Waals surface area contributed by atoms with E-state index in [-0.39, 0.29) is 11.4 Å². The van der Waals surface area contributed by atoms with E-state index in [9.17, 15) is 18.0 Å². The molecule has 1 aliphatic rings. The highest BCUT2D eigenvalue weighted by atomic mass is 32.2. The lowest BCUT2D eigenvalue weighted by molar-refractivity contribution is -0.139. The van der Waals surface area contributed by atoms with Crippen LogP contribution in [0.5, 0.6) is 0 Å². The van der Waals surface area contributed by atoms with Gasteiger partial charge in [0.15, 0.2) is 0 Å². The van der Waals surface area contributed by atoms with Gasteiger partial charge in [0.25, 0.3) is 0 Å². The first-order chi connectivity index (χ1) is 12.9. The molecule has 150 valence electrons. The molecule has 2 rings (SSSR count). The van der Waals surface area contributed by atoms with Crippen LogP contribution in [0.3, 0.4) is 0 Å². The standard InChI is InChI=1S/C17H25N3O6S/c1-25-10-2-7-18-16(21)17(22)19-13-14-3-5-15(6-4-14)27(23,24)20-8-11-26-12-9-20/h3-6H,2,7-13H2,1H3,(H,18,21)(H,19,22). The Morgan fingerprint density at radius 2 is 1.74 bits per heavy atom. The fourth-order valence-electron chi connectivity index (χ4n) is 2.48. The van der Waals surface area contributed by atoms with Gasteiger partial charge < -0.3 is 20.1 Å². The fraction of sp³-hybridized carbons (Fsp3) is 0.529. The molecule has 27 heavy (non-hydrogen) atoms. The number of sulfonamides is 1. The average Bonchev–Trinajstić information content (AvgIpc) is 2.70. The zero-order valence-electron chi connectivity index (χ0n) is 15.3. The molecule has 1 aromatic carbocycles. The summed E-state index contributed by atoms with van der Waals surface area (Å²) in [6.07, 6.45) is 0.620. The highest BCUT2D eigenvalue weighted by molar-refractivity contribution is 7.89. The number of methoxy groups -OCH3 is 1. The summed E-state index contributed by atoms with van der Waals surface area (Å²) in [5.74, 6) is -1.45. The third-order valence-corrected chi connectivity index (χ3v) is 5.91. The van der Waals surface area contributed by atoms with Crippen molar-refractivity contribution in [3.63, 3.8) is 0 Å². The number of morpholine rings is 1. The van der Waals surface area contributed by atoms with Crippen LogP contribution in [0, 0.1) is 0 Å². The molecule has 0 aliphatic carbocycles. The van der Waals surface area contributed by atoms with E-state index in [1.54, 1.807) is 19.2 Å². The van der Waals surface area contributed by atoms with E-state index in [2.05, 4.69) is 10.6 Å². The molecule has 0 spiro atoms. The van der Waals surface area contributed by atoms with E-state index in [1.165, 1.54) is 16.4 Å². The van der Waals surface area contributed by atoms with E-state index >= 15 is 0 Å². The van der Waals surface area contributed by atoms with E-state index in [0.717, 1.165) is 0 Å². The van der Waals surface area contributed by atoms with Crippen molar-refractivity contribution in [3.05, 3.63) is 29.8 Å². The molecular weight excluding hydrogens is 374 g/mol. The predicted molar refractivity (Wildman–Crippen MR) is 97.4 cm³/mol. The number of benzene rings is 1. The van der Waals surface area contributed by atoms with Crippen molar-refractivity contribution in [3.8, 4) is 0 Å². The topological polar surface area (TPSA) is 114 Å². The summed E-state index contributed by atoms with van der Waals surface area (Å²) < 4.78 is 36.5. The molecule has 0 radical (unpaired) electrons. The van der Waals surface area contributed by atoms with Gasteiger partial charge in [0.1, 0.15) is 0 Å². The number of carbonyl (C=O) groups is 2. The quantitative estimate of drug-likeness (QED) is 0.449. The maximum atomic E-state index is 12.5. The van der Waals surface area contributed by atoms with E-state index < -0.39 is 21.8 Å². The van der Waals surface area contributed by atoms with Crippen LogP contribution in [-0.4, -0.2) is 71.1 Å². The van der Waals surface area contributed by atoms with Crippen molar-refractivity contribution in [2.24, 2.45) is 0 Å². The first kappa shape index (κ1) is 21.3. The molecule has 0 aromatic heterocycles. The molecule has 0 bridgehead atoms. The Hall–Kier alpha value is -2.01. The zero-order chi connectivity index (χ0) is 19.7. The van der Waals surface area contributed by atoms with Gasteiger partial charge in [-0.2, -0.15) is 4.31 Å². The smallest absolute Gasteiger partial charge is 0.309 e. The predicted octanol–water partition coefficient (Wildman–Crippen LogP) is -0.524. The summed E-state index contributed by atoms with van der Waals surface area (Å²) in [4.78, 5) is 23.6. The lowest BCUT2D eigenvalue weighted by Crippen LogP contribution is -2.40. The second-order valence-corrected chi connectivity index (χ2v) is 7.88. The monoisotopic (exact) mass is 399 g/mol. The van der Waals surface area contributed by atoms with Crippen molar-refractivity contribution in [1.29, 1.82) is 0 Å². The summed E-state index contributed by atoms with van der Waals surface area (Å²) in [5, 5.41) is 5.00. The Balaban J connectivity index is 1.84. The average molecular weight is 399 g/mol. The van der Waals surface area contributed by atoms with Gasteiger partial charge in [-0.25, -0.2) is 8.42 Å². The molecule has 1 saturated heterocycles. The van der Waals surface area contributed by atoms with Crippen molar-refractivity contribution >= 4 is 21.8 Å². The largest absolute Gasteiger partial charge is 0.385 e. The van der Waals surface area contributed by atoms with Gasteiger partial charge in [-0.3, -0.25) is 9.59 Å². The van der Waals surface area contributed by atoms with Crippen LogP contribution in [0.25, 0.3) is 0 Å². The number of hydrogen-bond acceptors (Lipinski definition) is 6. The molecule has 0 saturated carbocycles. The minimum Gasteiger partial charge on any atom is -0.385 e. The Labute approximate surface area is 159 Å². The van der Waals surface area contributed by atoms with Gasteiger partial charge in [-0.05, 0) is 24.1 Å². The molecule has 9 nitrogen and oxygen atoms in total. The number of nitrogens with one attached hydrogen (secondary N) is 2. The Bertz CT molecular complexity index is 730. The first-order valence-electron chi connectivity index (χ1n) is 8.67. The number of rotatable bonds is 8. The van der Waals surface area contributed by atoms with Crippen molar-refractivity contribution in [2.75, 3.05) is 46.6 Å². The normalized spacial score (nSPS) is 15.3. The Morgan fingerprint density at radius 1 is 1.11 bits per heavy atom. The van der Waals surface area contributed by atoms with Crippen LogP contribution in [0.4, 0.5) is 0 Å². The molecule has 1 heterocycles. The highest BCUT2D eigenvalue weighted by Gasteiger charge is 2.26. The van der Waals surface area contributed by atoms with E-state index in [4.69, 9.17) is 9.47 Å². The molecule has 1 fully saturated rings. The summed E-state index contributed by atoms with van der Waals surface area (Å²) in [5.41, 5.74) is 0.691.